The number of carbonyl (C=O) groups is 1. The third-order valence-corrected chi connectivity index (χ3v) is 4.63. The lowest BCUT2D eigenvalue weighted by Crippen LogP contribution is -2.36. The Kier molecular flexibility index (Phi) is 4.76. The highest BCUT2D eigenvalue weighted by atomic mass is 16.2. The molecular weight excluding hydrogens is 384 g/mol. The quantitative estimate of drug-likeness (QED) is 0.259. The van der Waals surface area contributed by atoms with Crippen LogP contribution in [0.4, 0.5) is 5.95 Å². The van der Waals surface area contributed by atoms with Gasteiger partial charge in [-0.3, -0.25) is 15.2 Å². The van der Waals surface area contributed by atoms with Crippen molar-refractivity contribution in [3.05, 3.63) is 64.3 Å². The Labute approximate surface area is 171 Å². The van der Waals surface area contributed by atoms with Crippen LogP contribution in [-0.4, -0.2) is 30.1 Å². The van der Waals surface area contributed by atoms with E-state index in [2.05, 4.69) is 15.1 Å². The second-order valence-corrected chi connectivity index (χ2v) is 6.86. The number of nitrogens with two attached hydrogens (primary N) is 2. The fraction of sp³-hybridized carbons (Fsp3) is 0.150. The summed E-state index contributed by atoms with van der Waals surface area (Å²) < 4.78 is 2.20. The minimum absolute atomic E-state index is 0.0282. The van der Waals surface area contributed by atoms with Crippen molar-refractivity contribution in [1.29, 1.82) is 0 Å². The number of anilines is 1. The molecule has 0 aliphatic carbocycles. The van der Waals surface area contributed by atoms with Crippen molar-refractivity contribution in [1.82, 2.24) is 29.6 Å². The minimum atomic E-state index is -0.582. The first kappa shape index (κ1) is 19.3. The molecule has 3 heterocycles. The number of nitrogens with zero attached hydrogens (tertiary/aromatic N) is 5. The van der Waals surface area contributed by atoms with Gasteiger partial charge in [0.15, 0.2) is 5.65 Å². The second-order valence-electron chi connectivity index (χ2n) is 6.86. The summed E-state index contributed by atoms with van der Waals surface area (Å²) in [5.41, 5.74) is 12.3. The number of fused-ring (bicyclic) bond motifs is 1. The van der Waals surface area contributed by atoms with E-state index in [1.165, 1.54) is 4.40 Å². The summed E-state index contributed by atoms with van der Waals surface area (Å²) in [5.74, 6) is 4.56. The largest absolute Gasteiger partial charge is 0.369 e. The first-order chi connectivity index (χ1) is 14.4. The number of pyridine rings is 1. The van der Waals surface area contributed by atoms with Crippen LogP contribution >= 0.6 is 0 Å². The number of amides is 1. The van der Waals surface area contributed by atoms with Gasteiger partial charge in [0.25, 0.3) is 5.91 Å². The molecule has 0 saturated carbocycles. The number of hydrogen-bond donors (Lipinski definition) is 3. The fourth-order valence-corrected chi connectivity index (χ4v) is 3.44. The Balaban J connectivity index is 2.11. The van der Waals surface area contributed by atoms with Crippen molar-refractivity contribution in [2.45, 2.75) is 20.4 Å². The molecule has 10 nitrogen and oxygen atoms in total. The van der Waals surface area contributed by atoms with E-state index in [0.717, 1.165) is 27.2 Å². The zero-order valence-electron chi connectivity index (χ0n) is 16.5. The molecule has 4 rings (SSSR count). The molecule has 5 N–H and O–H groups in total. The maximum Gasteiger partial charge on any atom is 0.353 e. The maximum absolute atomic E-state index is 12.9. The minimum Gasteiger partial charge on any atom is -0.369 e. The van der Waals surface area contributed by atoms with E-state index in [1.807, 2.05) is 61.7 Å². The van der Waals surface area contributed by atoms with E-state index >= 15 is 0 Å². The lowest BCUT2D eigenvalue weighted by atomic mass is 9.99. The van der Waals surface area contributed by atoms with Crippen LogP contribution in [0.1, 0.15) is 11.4 Å². The summed E-state index contributed by atoms with van der Waals surface area (Å²) in [7, 11) is 0. The van der Waals surface area contributed by atoms with Crippen molar-refractivity contribution in [3.63, 3.8) is 0 Å². The predicted octanol–water partition coefficient (Wildman–Crippen LogP) is 0.809. The van der Waals surface area contributed by atoms with Gasteiger partial charge >= 0.3 is 5.69 Å². The molecule has 0 bridgehead atoms. The van der Waals surface area contributed by atoms with Gasteiger partial charge in [0.1, 0.15) is 6.54 Å². The van der Waals surface area contributed by atoms with Gasteiger partial charge in [0.05, 0.1) is 11.3 Å². The summed E-state index contributed by atoms with van der Waals surface area (Å²) in [6.45, 7) is 3.43. The Bertz CT molecular complexity index is 1300. The summed E-state index contributed by atoms with van der Waals surface area (Å²) in [6, 6.07) is 13.3. The van der Waals surface area contributed by atoms with Gasteiger partial charge < -0.3 is 5.73 Å². The number of aromatic nitrogens is 5. The van der Waals surface area contributed by atoms with Crippen LogP contribution in [0.25, 0.3) is 28.0 Å². The summed E-state index contributed by atoms with van der Waals surface area (Å²) in [4.78, 5) is 33.6. The van der Waals surface area contributed by atoms with Gasteiger partial charge in [-0.2, -0.15) is 0 Å². The van der Waals surface area contributed by atoms with E-state index in [4.69, 9.17) is 11.6 Å². The van der Waals surface area contributed by atoms with Crippen LogP contribution in [-0.2, 0) is 11.3 Å². The molecule has 0 aliphatic rings. The Morgan fingerprint density at radius 2 is 1.73 bits per heavy atom. The number of hydrazine groups is 1. The van der Waals surface area contributed by atoms with Gasteiger partial charge in [-0.05, 0) is 31.5 Å². The standard InChI is InChI=1S/C20H20N8O2/c1-11-8-14(9-12(2)23-11)16-17(13-6-4-3-5-7-13)24-19(21)28-18(16)26-27(20(28)30)10-15(29)25-22/h3-9H,10,22H2,1-2H3,(H2,21,24)(H,25,29). The topological polar surface area (TPSA) is 146 Å². The molecule has 0 spiro atoms. The van der Waals surface area contributed by atoms with Crippen LogP contribution < -0.4 is 22.7 Å². The van der Waals surface area contributed by atoms with Gasteiger partial charge in [-0.15, -0.1) is 5.10 Å². The lowest BCUT2D eigenvalue weighted by molar-refractivity contribution is -0.121. The molecule has 152 valence electrons. The van der Waals surface area contributed by atoms with Crippen molar-refractivity contribution in [2.75, 3.05) is 5.73 Å². The molecule has 0 saturated heterocycles. The number of rotatable bonds is 4. The predicted molar refractivity (Wildman–Crippen MR) is 112 cm³/mol. The molecule has 0 aliphatic heterocycles. The van der Waals surface area contributed by atoms with Gasteiger partial charge in [-0.1, -0.05) is 30.3 Å². The lowest BCUT2D eigenvalue weighted by Gasteiger charge is -2.13. The second kappa shape index (κ2) is 7.41. The van der Waals surface area contributed by atoms with Gasteiger partial charge in [0, 0.05) is 17.0 Å². The maximum atomic E-state index is 12.9. The number of aryl methyl sites for hydroxylation is 2. The monoisotopic (exact) mass is 404 g/mol. The molecule has 1 aromatic carbocycles. The van der Waals surface area contributed by atoms with Crippen molar-refractivity contribution in [3.8, 4) is 22.4 Å². The highest BCUT2D eigenvalue weighted by molar-refractivity contribution is 5.90. The van der Waals surface area contributed by atoms with Crippen LogP contribution in [0, 0.1) is 13.8 Å². The summed E-state index contributed by atoms with van der Waals surface area (Å²) >= 11 is 0. The summed E-state index contributed by atoms with van der Waals surface area (Å²) in [5, 5.41) is 4.39. The number of carbonyl (C=O) groups excluding carboxylic acids is 1. The molecule has 3 aromatic heterocycles. The molecule has 0 radical (unpaired) electrons. The molecular formula is C20H20N8O2. The first-order valence-corrected chi connectivity index (χ1v) is 9.18. The smallest absolute Gasteiger partial charge is 0.353 e. The van der Waals surface area contributed by atoms with Crippen molar-refractivity contribution in [2.24, 2.45) is 5.84 Å². The van der Waals surface area contributed by atoms with E-state index in [1.54, 1.807) is 0 Å². The van der Waals surface area contributed by atoms with Gasteiger partial charge in [0.2, 0.25) is 5.95 Å². The number of hydrogen-bond acceptors (Lipinski definition) is 7. The third kappa shape index (κ3) is 3.29. The molecule has 0 unspecified atom stereocenters. The number of benzene rings is 1. The van der Waals surface area contributed by atoms with Crippen molar-refractivity contribution < 1.29 is 4.79 Å². The van der Waals surface area contributed by atoms with E-state index in [9.17, 15) is 9.59 Å². The zero-order chi connectivity index (χ0) is 21.4. The van der Waals surface area contributed by atoms with Crippen LogP contribution in [0.2, 0.25) is 0 Å². The fourth-order valence-electron chi connectivity index (χ4n) is 3.44. The molecule has 4 aromatic rings. The third-order valence-electron chi connectivity index (χ3n) is 4.63. The molecule has 0 fully saturated rings. The van der Waals surface area contributed by atoms with Crippen molar-refractivity contribution >= 4 is 17.5 Å². The Morgan fingerprint density at radius 3 is 2.37 bits per heavy atom. The number of nitrogens with one attached hydrogen (secondary N) is 1. The number of nitrogen functional groups attached to an aromatic ring is 1. The van der Waals surface area contributed by atoms with Crippen LogP contribution in [0.3, 0.4) is 0 Å². The molecule has 30 heavy (non-hydrogen) atoms. The van der Waals surface area contributed by atoms with Gasteiger partial charge in [-0.25, -0.2) is 24.7 Å². The highest BCUT2D eigenvalue weighted by Gasteiger charge is 2.22. The summed E-state index contributed by atoms with van der Waals surface area (Å²) in [6.07, 6.45) is 0. The SMILES string of the molecule is Cc1cc(-c2c(-c3ccccc3)nc(N)n3c(=O)n(CC(=O)NN)nc23)cc(C)n1. The van der Waals surface area contributed by atoms with E-state index in [-0.39, 0.29) is 12.5 Å². The average Bonchev–Trinajstić information content (AvgIpc) is 3.04. The molecule has 0 atom stereocenters. The average molecular weight is 404 g/mol. The molecule has 10 heteroatoms. The Morgan fingerprint density at radius 1 is 1.07 bits per heavy atom. The Hall–Kier alpha value is -4.05. The first-order valence-electron chi connectivity index (χ1n) is 9.18. The van der Waals surface area contributed by atoms with Crippen LogP contribution in [0.5, 0.6) is 0 Å². The van der Waals surface area contributed by atoms with E-state index < -0.39 is 11.6 Å². The zero-order valence-corrected chi connectivity index (χ0v) is 16.5. The normalized spacial score (nSPS) is 11.0. The van der Waals surface area contributed by atoms with Crippen LogP contribution in [0.15, 0.2) is 47.3 Å². The molecule has 1 amide bonds. The highest BCUT2D eigenvalue weighted by Crippen LogP contribution is 2.34. The van der Waals surface area contributed by atoms with E-state index in [0.29, 0.717) is 16.9 Å².